The zero-order valence-corrected chi connectivity index (χ0v) is 20.8. The summed E-state index contributed by atoms with van der Waals surface area (Å²) < 4.78 is 4.42. The minimum atomic E-state index is -0.171. The molecule has 0 aliphatic heterocycles. The van der Waals surface area contributed by atoms with Gasteiger partial charge in [-0.1, -0.05) is 40.5 Å². The summed E-state index contributed by atoms with van der Waals surface area (Å²) in [5, 5.41) is 5.82. The minimum Gasteiger partial charge on any atom is -0.318 e. The van der Waals surface area contributed by atoms with Crippen LogP contribution in [-0.4, -0.2) is 20.4 Å². The fraction of sp³-hybridized carbons (Fsp3) is 0.240. The molecule has 0 amide bonds. The summed E-state index contributed by atoms with van der Waals surface area (Å²) >= 11 is 9.70. The van der Waals surface area contributed by atoms with Crippen molar-refractivity contribution in [1.29, 1.82) is 0 Å². The van der Waals surface area contributed by atoms with Gasteiger partial charge in [0.15, 0.2) is 0 Å². The molecular formula is C25H24BrClN4O. The van der Waals surface area contributed by atoms with Crippen LogP contribution in [-0.2, 0) is 6.42 Å². The van der Waals surface area contributed by atoms with E-state index < -0.39 is 0 Å². The largest absolute Gasteiger partial charge is 0.318 e. The van der Waals surface area contributed by atoms with E-state index in [0.717, 1.165) is 39.1 Å². The number of benzene rings is 2. The molecule has 164 valence electrons. The maximum atomic E-state index is 13.2. The van der Waals surface area contributed by atoms with Gasteiger partial charge in [0.1, 0.15) is 5.82 Å². The van der Waals surface area contributed by atoms with Gasteiger partial charge in [0.2, 0.25) is 0 Å². The molecule has 0 aliphatic rings. The van der Waals surface area contributed by atoms with Crippen LogP contribution in [0.3, 0.4) is 0 Å². The van der Waals surface area contributed by atoms with Crippen molar-refractivity contribution in [2.45, 2.75) is 40.5 Å². The highest BCUT2D eigenvalue weighted by Crippen LogP contribution is 2.25. The van der Waals surface area contributed by atoms with Crippen LogP contribution >= 0.6 is 27.5 Å². The van der Waals surface area contributed by atoms with E-state index in [1.54, 1.807) is 12.3 Å². The molecule has 4 aromatic rings. The molecule has 0 bridgehead atoms. The van der Waals surface area contributed by atoms with Crippen molar-refractivity contribution in [1.82, 2.24) is 14.2 Å². The molecule has 0 fully saturated rings. The van der Waals surface area contributed by atoms with E-state index in [1.165, 1.54) is 4.68 Å². The van der Waals surface area contributed by atoms with Crippen LogP contribution in [0, 0.1) is 20.8 Å². The van der Waals surface area contributed by atoms with Crippen molar-refractivity contribution in [3.63, 3.8) is 0 Å². The van der Waals surface area contributed by atoms with Gasteiger partial charge in [-0.2, -0.15) is 9.78 Å². The van der Waals surface area contributed by atoms with Gasteiger partial charge in [0.05, 0.1) is 17.1 Å². The van der Waals surface area contributed by atoms with Gasteiger partial charge in [0.25, 0.3) is 5.56 Å². The van der Waals surface area contributed by atoms with Crippen molar-refractivity contribution in [3.8, 4) is 5.69 Å². The van der Waals surface area contributed by atoms with Crippen molar-refractivity contribution in [2.24, 2.45) is 5.10 Å². The van der Waals surface area contributed by atoms with E-state index in [4.69, 9.17) is 16.6 Å². The smallest absolute Gasteiger partial charge is 0.282 e. The average Bonchev–Trinajstić information content (AvgIpc) is 3.03. The number of nitrogens with zero attached hydrogens (tertiary/aromatic N) is 4. The Bertz CT molecular complexity index is 1420. The molecule has 0 atom stereocenters. The minimum absolute atomic E-state index is 0.171. The standard InChI is InChI=1S/C25H24BrClN4O/c1-5-6-24-29-22-10-8-19(26)12-21(22)25(32)31(24)28-14-18-11-16(3)30(17(18)4)23-13-20(27)9-7-15(23)2/h7-14H,5-6H2,1-4H3. The van der Waals surface area contributed by atoms with Gasteiger partial charge in [-0.3, -0.25) is 4.79 Å². The summed E-state index contributed by atoms with van der Waals surface area (Å²) in [6, 6.07) is 13.5. The number of halogens is 2. The summed E-state index contributed by atoms with van der Waals surface area (Å²) in [6.45, 7) is 8.22. The second kappa shape index (κ2) is 9.04. The Balaban J connectivity index is 1.83. The lowest BCUT2D eigenvalue weighted by Gasteiger charge is -2.13. The monoisotopic (exact) mass is 510 g/mol. The molecule has 0 spiro atoms. The second-order valence-electron chi connectivity index (χ2n) is 7.89. The number of fused-ring (bicyclic) bond motifs is 1. The Morgan fingerprint density at radius 1 is 1.12 bits per heavy atom. The third-order valence-electron chi connectivity index (χ3n) is 5.54. The molecule has 0 saturated heterocycles. The van der Waals surface area contributed by atoms with E-state index in [0.29, 0.717) is 28.2 Å². The molecule has 2 aromatic heterocycles. The fourth-order valence-electron chi connectivity index (χ4n) is 3.93. The summed E-state index contributed by atoms with van der Waals surface area (Å²) in [7, 11) is 0. The van der Waals surface area contributed by atoms with Crippen molar-refractivity contribution in [3.05, 3.63) is 90.7 Å². The van der Waals surface area contributed by atoms with Crippen LogP contribution in [0.1, 0.15) is 41.7 Å². The van der Waals surface area contributed by atoms with Crippen LogP contribution in [0.25, 0.3) is 16.6 Å². The third kappa shape index (κ3) is 4.17. The molecule has 0 saturated carbocycles. The Morgan fingerprint density at radius 3 is 2.66 bits per heavy atom. The highest BCUT2D eigenvalue weighted by Gasteiger charge is 2.14. The Kier molecular flexibility index (Phi) is 6.35. The van der Waals surface area contributed by atoms with E-state index >= 15 is 0 Å². The van der Waals surface area contributed by atoms with E-state index in [1.807, 2.05) is 37.3 Å². The van der Waals surface area contributed by atoms with Gasteiger partial charge in [0, 0.05) is 38.6 Å². The molecular weight excluding hydrogens is 488 g/mol. The highest BCUT2D eigenvalue weighted by atomic mass is 79.9. The van der Waals surface area contributed by atoms with Crippen molar-refractivity contribution >= 4 is 44.6 Å². The van der Waals surface area contributed by atoms with Crippen LogP contribution in [0.15, 0.2) is 56.8 Å². The third-order valence-corrected chi connectivity index (χ3v) is 6.27. The molecule has 5 nitrogen and oxygen atoms in total. The van der Waals surface area contributed by atoms with Crippen LogP contribution in [0.4, 0.5) is 0 Å². The average molecular weight is 512 g/mol. The quantitative estimate of drug-likeness (QED) is 0.293. The molecule has 0 N–H and O–H groups in total. The first-order valence-electron chi connectivity index (χ1n) is 10.5. The number of hydrogen-bond donors (Lipinski definition) is 0. The van der Waals surface area contributed by atoms with Gasteiger partial charge >= 0.3 is 0 Å². The molecule has 32 heavy (non-hydrogen) atoms. The summed E-state index contributed by atoms with van der Waals surface area (Å²) in [6.07, 6.45) is 3.27. The normalized spacial score (nSPS) is 11.7. The molecule has 0 aliphatic carbocycles. The number of aryl methyl sites for hydroxylation is 3. The predicted octanol–water partition coefficient (Wildman–Crippen LogP) is 6.36. The predicted molar refractivity (Wildman–Crippen MR) is 136 cm³/mol. The highest BCUT2D eigenvalue weighted by molar-refractivity contribution is 9.10. The number of rotatable bonds is 5. The van der Waals surface area contributed by atoms with Crippen molar-refractivity contribution < 1.29 is 0 Å². The topological polar surface area (TPSA) is 52.2 Å². The van der Waals surface area contributed by atoms with E-state index in [2.05, 4.69) is 52.4 Å². The number of hydrogen-bond acceptors (Lipinski definition) is 3. The molecule has 0 radical (unpaired) electrons. The Labute approximate surface area is 200 Å². The summed E-state index contributed by atoms with van der Waals surface area (Å²) in [5.41, 5.74) is 5.71. The number of aromatic nitrogens is 3. The maximum Gasteiger partial charge on any atom is 0.282 e. The van der Waals surface area contributed by atoms with Gasteiger partial charge < -0.3 is 4.57 Å². The first-order chi connectivity index (χ1) is 15.3. The van der Waals surface area contributed by atoms with E-state index in [-0.39, 0.29) is 5.56 Å². The lowest BCUT2D eigenvalue weighted by molar-refractivity contribution is 0.703. The molecule has 4 rings (SSSR count). The molecule has 0 unspecified atom stereocenters. The summed E-state index contributed by atoms with van der Waals surface area (Å²) in [4.78, 5) is 17.9. The molecule has 2 heterocycles. The molecule has 2 aromatic carbocycles. The van der Waals surface area contributed by atoms with Crippen LogP contribution in [0.2, 0.25) is 5.02 Å². The lowest BCUT2D eigenvalue weighted by atomic mass is 10.2. The Hall–Kier alpha value is -2.70. The second-order valence-corrected chi connectivity index (χ2v) is 9.25. The Morgan fingerprint density at radius 2 is 1.91 bits per heavy atom. The first kappa shape index (κ1) is 22.5. The lowest BCUT2D eigenvalue weighted by Crippen LogP contribution is -2.22. The molecule has 7 heteroatoms. The summed E-state index contributed by atoms with van der Waals surface area (Å²) in [5.74, 6) is 0.656. The van der Waals surface area contributed by atoms with Crippen molar-refractivity contribution in [2.75, 3.05) is 0 Å². The first-order valence-corrected chi connectivity index (χ1v) is 11.7. The fourth-order valence-corrected chi connectivity index (χ4v) is 4.46. The van der Waals surface area contributed by atoms with Crippen LogP contribution < -0.4 is 5.56 Å². The van der Waals surface area contributed by atoms with Crippen LogP contribution in [0.5, 0.6) is 0 Å². The zero-order chi connectivity index (χ0) is 23.0. The van der Waals surface area contributed by atoms with Gasteiger partial charge in [-0.05, 0) is 69.2 Å². The van der Waals surface area contributed by atoms with Gasteiger partial charge in [-0.15, -0.1) is 0 Å². The SMILES string of the molecule is CCCc1nc2ccc(Br)cc2c(=O)n1N=Cc1cc(C)n(-c2cc(Cl)ccc2C)c1C. The van der Waals surface area contributed by atoms with E-state index in [9.17, 15) is 4.79 Å². The van der Waals surface area contributed by atoms with Gasteiger partial charge in [-0.25, -0.2) is 4.98 Å². The zero-order valence-electron chi connectivity index (χ0n) is 18.5. The maximum absolute atomic E-state index is 13.2.